The van der Waals surface area contributed by atoms with Crippen LogP contribution >= 0.6 is 0 Å². The normalized spacial score (nSPS) is 15.8. The maximum atomic E-state index is 13.0. The lowest BCUT2D eigenvalue weighted by Crippen LogP contribution is -2.32. The second kappa shape index (κ2) is 8.45. The largest absolute Gasteiger partial charge is 0.478 e. The number of imidazole rings is 1. The van der Waals surface area contributed by atoms with E-state index in [4.69, 9.17) is 14.8 Å². The van der Waals surface area contributed by atoms with Crippen molar-refractivity contribution in [3.8, 4) is 0 Å². The number of aromatic nitrogens is 4. The summed E-state index contributed by atoms with van der Waals surface area (Å²) < 4.78 is 35.5. The molecule has 1 saturated heterocycles. The van der Waals surface area contributed by atoms with Crippen molar-refractivity contribution >= 4 is 32.9 Å². The fourth-order valence-corrected chi connectivity index (χ4v) is 5.10. The number of hydrogen-bond donors (Lipinski definition) is 1. The number of rotatable bonds is 6. The summed E-state index contributed by atoms with van der Waals surface area (Å²) in [4.78, 5) is 16.0. The quantitative estimate of drug-likeness (QED) is 0.582. The number of nitrogens with zero attached hydrogens (tertiary/aromatic N) is 5. The lowest BCUT2D eigenvalue weighted by molar-refractivity contribution is 0.0611. The molecule has 0 radical (unpaired) electrons. The zero-order valence-electron chi connectivity index (χ0n) is 19.2. The number of benzene rings is 1. The molecule has 0 aliphatic carbocycles. The van der Waals surface area contributed by atoms with Crippen LogP contribution in [-0.4, -0.2) is 58.5 Å². The molecule has 178 valence electrons. The van der Waals surface area contributed by atoms with Crippen molar-refractivity contribution in [3.63, 3.8) is 0 Å². The zero-order chi connectivity index (χ0) is 24.0. The van der Waals surface area contributed by atoms with E-state index in [1.165, 1.54) is 7.05 Å². The second-order valence-corrected chi connectivity index (χ2v) is 11.2. The van der Waals surface area contributed by atoms with Gasteiger partial charge in [0, 0.05) is 32.2 Å². The Balaban J connectivity index is 1.72. The van der Waals surface area contributed by atoms with E-state index >= 15 is 0 Å². The van der Waals surface area contributed by atoms with Crippen molar-refractivity contribution in [1.29, 1.82) is 0 Å². The van der Waals surface area contributed by atoms with E-state index in [9.17, 15) is 13.2 Å². The molecule has 2 aromatic heterocycles. The van der Waals surface area contributed by atoms with E-state index in [0.717, 1.165) is 60.6 Å². The molecule has 0 spiro atoms. The number of fused-ring (bicyclic) bond motifs is 1. The summed E-state index contributed by atoms with van der Waals surface area (Å²) in [5.41, 5.74) is 1.67. The van der Waals surface area contributed by atoms with Gasteiger partial charge in [-0.3, -0.25) is 4.31 Å². The van der Waals surface area contributed by atoms with Crippen molar-refractivity contribution in [2.45, 2.75) is 45.6 Å². The third-order valence-corrected chi connectivity index (χ3v) is 7.51. The van der Waals surface area contributed by atoms with Crippen molar-refractivity contribution in [2.75, 3.05) is 24.6 Å². The van der Waals surface area contributed by atoms with Gasteiger partial charge >= 0.3 is 16.2 Å². The average Bonchev–Trinajstić information content (AvgIpc) is 3.40. The molecule has 3 aromatic rings. The summed E-state index contributed by atoms with van der Waals surface area (Å²) in [5.74, 6) is 0.207. The maximum Gasteiger partial charge on any atom is 0.345 e. The maximum absolute atomic E-state index is 13.0. The minimum Gasteiger partial charge on any atom is -0.478 e. The van der Waals surface area contributed by atoms with Gasteiger partial charge in [-0.1, -0.05) is 20.8 Å². The molecule has 1 aromatic carbocycles. The lowest BCUT2D eigenvalue weighted by Gasteiger charge is -2.26. The summed E-state index contributed by atoms with van der Waals surface area (Å²) in [5, 5.41) is 12.8. The number of aromatic carboxylic acids is 1. The number of anilines is 1. The van der Waals surface area contributed by atoms with Crippen LogP contribution in [0.3, 0.4) is 0 Å². The first kappa shape index (κ1) is 23.2. The smallest absolute Gasteiger partial charge is 0.345 e. The molecule has 0 saturated carbocycles. The Morgan fingerprint density at radius 3 is 2.58 bits per heavy atom. The zero-order valence-corrected chi connectivity index (χ0v) is 20.0. The van der Waals surface area contributed by atoms with Gasteiger partial charge in [0.25, 0.3) is 0 Å². The monoisotopic (exact) mass is 475 g/mol. The molecule has 0 amide bonds. The number of carboxylic acid groups (broad SMARTS) is 1. The van der Waals surface area contributed by atoms with Gasteiger partial charge in [-0.25, -0.2) is 9.78 Å². The van der Waals surface area contributed by atoms with Crippen molar-refractivity contribution in [3.05, 3.63) is 42.0 Å². The van der Waals surface area contributed by atoms with Crippen LogP contribution in [-0.2, 0) is 26.9 Å². The first-order valence-corrected chi connectivity index (χ1v) is 12.2. The van der Waals surface area contributed by atoms with E-state index in [0.29, 0.717) is 21.2 Å². The van der Waals surface area contributed by atoms with E-state index in [1.807, 2.05) is 6.07 Å². The molecule has 1 aliphatic heterocycles. The molecule has 3 heterocycles. The number of hydrogen-bond acceptors (Lipinski definition) is 6. The van der Waals surface area contributed by atoms with E-state index in [-0.39, 0.29) is 11.0 Å². The van der Waals surface area contributed by atoms with E-state index in [2.05, 4.69) is 30.4 Å². The first-order valence-electron chi connectivity index (χ1n) is 10.8. The molecular formula is C22H29N5O5S. The fraction of sp³-hybridized carbons (Fsp3) is 0.500. The van der Waals surface area contributed by atoms with Crippen molar-refractivity contribution in [2.24, 2.45) is 5.92 Å². The van der Waals surface area contributed by atoms with Crippen molar-refractivity contribution in [1.82, 2.24) is 18.7 Å². The van der Waals surface area contributed by atoms with Gasteiger partial charge in [-0.05, 0) is 37.0 Å². The van der Waals surface area contributed by atoms with Gasteiger partial charge in [0.1, 0.15) is 5.82 Å². The highest BCUT2D eigenvalue weighted by Gasteiger charge is 2.27. The molecule has 33 heavy (non-hydrogen) atoms. The Morgan fingerprint density at radius 2 is 1.97 bits per heavy atom. The highest BCUT2D eigenvalue weighted by molar-refractivity contribution is 7.91. The van der Waals surface area contributed by atoms with Crippen LogP contribution in [0.5, 0.6) is 0 Å². The SMILES string of the molecule is CN(c1ccc2c(c1)nc(C(C)(C)C)n2CC1CCOCC1)S(=O)(=O)n1cc(C(=O)O)cn1. The predicted octanol–water partition coefficient (Wildman–Crippen LogP) is 2.88. The summed E-state index contributed by atoms with van der Waals surface area (Å²) in [7, 11) is -2.70. The third kappa shape index (κ3) is 4.47. The number of carboxylic acids is 1. The first-order chi connectivity index (χ1) is 15.5. The minimum atomic E-state index is -4.10. The van der Waals surface area contributed by atoms with E-state index in [1.54, 1.807) is 12.1 Å². The van der Waals surface area contributed by atoms with Gasteiger partial charge in [-0.2, -0.15) is 13.5 Å². The molecule has 4 rings (SSSR count). The Bertz CT molecular complexity index is 1280. The lowest BCUT2D eigenvalue weighted by atomic mass is 9.94. The van der Waals surface area contributed by atoms with Crippen LogP contribution in [0.15, 0.2) is 30.6 Å². The van der Waals surface area contributed by atoms with Gasteiger partial charge in [0.15, 0.2) is 0 Å². The van der Waals surface area contributed by atoms with Crippen LogP contribution in [0.25, 0.3) is 11.0 Å². The minimum absolute atomic E-state index is 0.190. The topological polar surface area (TPSA) is 120 Å². The Hall–Kier alpha value is -2.92. The molecule has 1 N–H and O–H groups in total. The van der Waals surface area contributed by atoms with Crippen molar-refractivity contribution < 1.29 is 23.1 Å². The van der Waals surface area contributed by atoms with Crippen LogP contribution in [0, 0.1) is 5.92 Å². The predicted molar refractivity (Wildman–Crippen MR) is 124 cm³/mol. The van der Waals surface area contributed by atoms with Gasteiger partial charge in [-0.15, -0.1) is 4.09 Å². The molecular weight excluding hydrogens is 446 g/mol. The van der Waals surface area contributed by atoms with Gasteiger partial charge in [0.05, 0.1) is 34.7 Å². The van der Waals surface area contributed by atoms with Crippen LogP contribution in [0.4, 0.5) is 5.69 Å². The molecule has 11 heteroatoms. The Morgan fingerprint density at radius 1 is 1.27 bits per heavy atom. The molecule has 1 aliphatic rings. The second-order valence-electron chi connectivity index (χ2n) is 9.41. The average molecular weight is 476 g/mol. The summed E-state index contributed by atoms with van der Waals surface area (Å²) in [6.07, 6.45) is 3.99. The molecule has 0 atom stereocenters. The highest BCUT2D eigenvalue weighted by atomic mass is 32.2. The van der Waals surface area contributed by atoms with E-state index < -0.39 is 16.2 Å². The number of carbonyl (C=O) groups is 1. The Kier molecular flexibility index (Phi) is 5.95. The molecule has 0 bridgehead atoms. The standard InChI is InChI=1S/C22H29N5O5S/c1-22(2,3)21-24-18-11-17(5-6-19(18)26(21)13-15-7-9-32-10-8-15)25(4)33(30,31)27-14-16(12-23-27)20(28)29/h5-6,11-12,14-15H,7-10,13H2,1-4H3,(H,28,29). The summed E-state index contributed by atoms with van der Waals surface area (Å²) in [6.45, 7) is 8.72. The highest BCUT2D eigenvalue weighted by Crippen LogP contribution is 2.31. The fourth-order valence-electron chi connectivity index (χ4n) is 4.06. The van der Waals surface area contributed by atoms with Gasteiger partial charge in [0.2, 0.25) is 0 Å². The molecule has 0 unspecified atom stereocenters. The number of ether oxygens (including phenoxy) is 1. The summed E-state index contributed by atoms with van der Waals surface area (Å²) >= 11 is 0. The van der Waals surface area contributed by atoms with Crippen LogP contribution < -0.4 is 4.31 Å². The van der Waals surface area contributed by atoms with Crippen LogP contribution in [0.2, 0.25) is 0 Å². The van der Waals surface area contributed by atoms with Crippen LogP contribution in [0.1, 0.15) is 49.8 Å². The molecule has 1 fully saturated rings. The third-order valence-electron chi connectivity index (χ3n) is 5.94. The Labute approximate surface area is 193 Å². The summed E-state index contributed by atoms with van der Waals surface area (Å²) in [6, 6.07) is 5.37. The molecule has 10 nitrogen and oxygen atoms in total. The van der Waals surface area contributed by atoms with Gasteiger partial charge < -0.3 is 14.4 Å².